The third-order valence-electron chi connectivity index (χ3n) is 6.05. The molecule has 0 aromatic rings. The molecule has 136 valence electrons. The Hall–Kier alpha value is -1.14. The molecule has 1 atom stereocenters. The van der Waals surface area contributed by atoms with Gasteiger partial charge in [0.2, 0.25) is 11.8 Å². The SMILES string of the molecule is COCC1(CNC(=O)C2CC(=O)N(C3CCCC3)C2)CCNCC1. The molecule has 2 heterocycles. The van der Waals surface area contributed by atoms with Crippen molar-refractivity contribution in [3.05, 3.63) is 0 Å². The third-order valence-corrected chi connectivity index (χ3v) is 6.05. The van der Waals surface area contributed by atoms with Crippen molar-refractivity contribution in [2.45, 2.75) is 51.0 Å². The first kappa shape index (κ1) is 17.7. The Morgan fingerprint density at radius 2 is 2.04 bits per heavy atom. The van der Waals surface area contributed by atoms with Crippen LogP contribution in [-0.2, 0) is 14.3 Å². The fourth-order valence-corrected chi connectivity index (χ4v) is 4.53. The molecule has 3 aliphatic rings. The zero-order valence-electron chi connectivity index (χ0n) is 14.8. The quantitative estimate of drug-likeness (QED) is 0.756. The van der Waals surface area contributed by atoms with Crippen molar-refractivity contribution in [1.29, 1.82) is 0 Å². The van der Waals surface area contributed by atoms with E-state index in [1.165, 1.54) is 12.8 Å². The summed E-state index contributed by atoms with van der Waals surface area (Å²) in [6, 6.07) is 0.375. The molecule has 0 aromatic heterocycles. The Kier molecular flexibility index (Phi) is 5.76. The van der Waals surface area contributed by atoms with E-state index < -0.39 is 0 Å². The highest BCUT2D eigenvalue weighted by molar-refractivity contribution is 5.89. The number of carbonyl (C=O) groups is 2. The number of hydrogen-bond donors (Lipinski definition) is 2. The minimum Gasteiger partial charge on any atom is -0.384 e. The first-order valence-electron chi connectivity index (χ1n) is 9.40. The normalized spacial score (nSPS) is 27.6. The van der Waals surface area contributed by atoms with E-state index in [9.17, 15) is 9.59 Å². The fraction of sp³-hybridized carbons (Fsp3) is 0.889. The van der Waals surface area contributed by atoms with E-state index in [0.717, 1.165) is 38.8 Å². The van der Waals surface area contributed by atoms with Crippen molar-refractivity contribution in [2.75, 3.05) is 39.9 Å². The van der Waals surface area contributed by atoms with Gasteiger partial charge in [0.1, 0.15) is 0 Å². The van der Waals surface area contributed by atoms with Gasteiger partial charge < -0.3 is 20.3 Å². The number of ether oxygens (including phenoxy) is 1. The molecule has 1 unspecified atom stereocenters. The summed E-state index contributed by atoms with van der Waals surface area (Å²) in [5.74, 6) is 0.0211. The van der Waals surface area contributed by atoms with Gasteiger partial charge >= 0.3 is 0 Å². The Labute approximate surface area is 144 Å². The molecule has 2 N–H and O–H groups in total. The second kappa shape index (κ2) is 7.83. The smallest absolute Gasteiger partial charge is 0.225 e. The Bertz CT molecular complexity index is 451. The minimum absolute atomic E-state index is 0.0312. The summed E-state index contributed by atoms with van der Waals surface area (Å²) in [7, 11) is 1.72. The highest BCUT2D eigenvalue weighted by atomic mass is 16.5. The van der Waals surface area contributed by atoms with Gasteiger partial charge in [-0.15, -0.1) is 0 Å². The first-order chi connectivity index (χ1) is 11.6. The van der Waals surface area contributed by atoms with Crippen LogP contribution in [0.25, 0.3) is 0 Å². The van der Waals surface area contributed by atoms with Crippen LogP contribution in [0.5, 0.6) is 0 Å². The number of amides is 2. The van der Waals surface area contributed by atoms with Gasteiger partial charge in [-0.05, 0) is 38.8 Å². The number of piperidine rings is 1. The third kappa shape index (κ3) is 3.91. The molecular formula is C18H31N3O3. The van der Waals surface area contributed by atoms with Crippen LogP contribution in [0.1, 0.15) is 44.9 Å². The Morgan fingerprint density at radius 1 is 1.33 bits per heavy atom. The van der Waals surface area contributed by atoms with E-state index in [-0.39, 0.29) is 23.1 Å². The van der Waals surface area contributed by atoms with Crippen LogP contribution in [0.2, 0.25) is 0 Å². The van der Waals surface area contributed by atoms with Crippen molar-refractivity contribution in [2.24, 2.45) is 11.3 Å². The molecule has 3 fully saturated rings. The maximum atomic E-state index is 12.6. The van der Waals surface area contributed by atoms with Gasteiger partial charge in [0.15, 0.2) is 0 Å². The van der Waals surface area contributed by atoms with Crippen molar-refractivity contribution >= 4 is 11.8 Å². The molecule has 1 saturated carbocycles. The maximum Gasteiger partial charge on any atom is 0.225 e. The molecule has 0 spiro atoms. The summed E-state index contributed by atoms with van der Waals surface area (Å²) in [6.45, 7) is 3.86. The summed E-state index contributed by atoms with van der Waals surface area (Å²) in [5.41, 5.74) is 0.0312. The topological polar surface area (TPSA) is 70.7 Å². The number of rotatable bonds is 6. The second-order valence-corrected chi connectivity index (χ2v) is 7.79. The van der Waals surface area contributed by atoms with Crippen LogP contribution in [0.3, 0.4) is 0 Å². The van der Waals surface area contributed by atoms with Crippen molar-refractivity contribution in [1.82, 2.24) is 15.5 Å². The minimum atomic E-state index is -0.181. The molecule has 0 aromatic carbocycles. The van der Waals surface area contributed by atoms with Crippen molar-refractivity contribution < 1.29 is 14.3 Å². The van der Waals surface area contributed by atoms with E-state index in [1.807, 2.05) is 4.90 Å². The van der Waals surface area contributed by atoms with Crippen LogP contribution in [-0.4, -0.2) is 62.7 Å². The lowest BCUT2D eigenvalue weighted by Crippen LogP contribution is -2.48. The number of nitrogens with zero attached hydrogens (tertiary/aromatic N) is 1. The largest absolute Gasteiger partial charge is 0.384 e. The highest BCUT2D eigenvalue weighted by Gasteiger charge is 2.39. The van der Waals surface area contributed by atoms with Gasteiger partial charge in [-0.1, -0.05) is 12.8 Å². The summed E-state index contributed by atoms with van der Waals surface area (Å²) in [6.07, 6.45) is 7.02. The summed E-state index contributed by atoms with van der Waals surface area (Å²) < 4.78 is 5.40. The molecule has 2 aliphatic heterocycles. The van der Waals surface area contributed by atoms with Crippen LogP contribution < -0.4 is 10.6 Å². The van der Waals surface area contributed by atoms with Gasteiger partial charge in [-0.3, -0.25) is 9.59 Å². The van der Waals surface area contributed by atoms with Gasteiger partial charge in [-0.25, -0.2) is 0 Å². The van der Waals surface area contributed by atoms with E-state index in [4.69, 9.17) is 4.74 Å². The maximum absolute atomic E-state index is 12.6. The molecule has 0 radical (unpaired) electrons. The average Bonchev–Trinajstić information content (AvgIpc) is 3.23. The van der Waals surface area contributed by atoms with Crippen molar-refractivity contribution in [3.63, 3.8) is 0 Å². The lowest BCUT2D eigenvalue weighted by Gasteiger charge is -2.37. The van der Waals surface area contributed by atoms with E-state index in [2.05, 4.69) is 10.6 Å². The van der Waals surface area contributed by atoms with Crippen molar-refractivity contribution in [3.8, 4) is 0 Å². The van der Waals surface area contributed by atoms with Gasteiger partial charge in [-0.2, -0.15) is 0 Å². The zero-order chi connectivity index (χ0) is 17.0. The number of hydrogen-bond acceptors (Lipinski definition) is 4. The lowest BCUT2D eigenvalue weighted by atomic mass is 9.79. The fourth-order valence-electron chi connectivity index (χ4n) is 4.53. The highest BCUT2D eigenvalue weighted by Crippen LogP contribution is 2.31. The monoisotopic (exact) mass is 337 g/mol. The second-order valence-electron chi connectivity index (χ2n) is 7.79. The predicted molar refractivity (Wildman–Crippen MR) is 91.5 cm³/mol. The molecule has 3 rings (SSSR count). The van der Waals surface area contributed by atoms with Crippen LogP contribution in [0.4, 0.5) is 0 Å². The number of likely N-dealkylation sites (tertiary alicyclic amines) is 1. The van der Waals surface area contributed by atoms with Gasteiger partial charge in [0, 0.05) is 38.1 Å². The molecule has 1 aliphatic carbocycles. The predicted octanol–water partition coefficient (Wildman–Crippen LogP) is 0.910. The molecule has 6 nitrogen and oxygen atoms in total. The first-order valence-corrected chi connectivity index (χ1v) is 9.40. The molecule has 0 bridgehead atoms. The number of carbonyl (C=O) groups excluding carboxylic acids is 2. The lowest BCUT2D eigenvalue weighted by molar-refractivity contribution is -0.130. The Morgan fingerprint density at radius 3 is 2.71 bits per heavy atom. The molecule has 2 saturated heterocycles. The van der Waals surface area contributed by atoms with E-state index >= 15 is 0 Å². The molecular weight excluding hydrogens is 306 g/mol. The zero-order valence-corrected chi connectivity index (χ0v) is 14.8. The number of methoxy groups -OCH3 is 1. The number of nitrogens with one attached hydrogen (secondary N) is 2. The summed E-state index contributed by atoms with van der Waals surface area (Å²) >= 11 is 0. The van der Waals surface area contributed by atoms with Crippen LogP contribution >= 0.6 is 0 Å². The average molecular weight is 337 g/mol. The van der Waals surface area contributed by atoms with E-state index in [0.29, 0.717) is 32.2 Å². The summed E-state index contributed by atoms with van der Waals surface area (Å²) in [4.78, 5) is 26.8. The summed E-state index contributed by atoms with van der Waals surface area (Å²) in [5, 5.41) is 6.49. The van der Waals surface area contributed by atoms with Gasteiger partial charge in [0.05, 0.1) is 12.5 Å². The van der Waals surface area contributed by atoms with E-state index in [1.54, 1.807) is 7.11 Å². The van der Waals surface area contributed by atoms with Crippen LogP contribution in [0.15, 0.2) is 0 Å². The molecule has 2 amide bonds. The molecule has 6 heteroatoms. The van der Waals surface area contributed by atoms with Gasteiger partial charge in [0.25, 0.3) is 0 Å². The van der Waals surface area contributed by atoms with Crippen LogP contribution in [0, 0.1) is 11.3 Å². The standard InChI is InChI=1S/C18H31N3O3/c1-24-13-18(6-8-19-9-7-18)12-20-17(23)14-10-16(22)21(11-14)15-4-2-3-5-15/h14-15,19H,2-13H2,1H3,(H,20,23). The molecule has 24 heavy (non-hydrogen) atoms. The Balaban J connectivity index is 1.52.